The Morgan fingerprint density at radius 1 is 1.22 bits per heavy atom. The van der Waals surface area contributed by atoms with Gasteiger partial charge in [0.1, 0.15) is 6.17 Å². The van der Waals surface area contributed by atoms with Crippen molar-refractivity contribution in [1.82, 2.24) is 14.9 Å². The Hall–Kier alpha value is -2.28. The Bertz CT molecular complexity index is 1050. The number of aryl methyl sites for hydroxylation is 2. The van der Waals surface area contributed by atoms with Crippen LogP contribution in [0.2, 0.25) is 0 Å². The first-order valence-electron chi connectivity index (χ1n) is 11.7. The van der Waals surface area contributed by atoms with E-state index in [4.69, 9.17) is 4.74 Å². The molecule has 7 heteroatoms. The largest absolute Gasteiger partial charge is 0.378 e. The second-order valence-electron chi connectivity index (χ2n) is 9.75. The number of hydrogen-bond acceptors (Lipinski definition) is 4. The number of pyridine rings is 2. The molecule has 2 saturated carbocycles. The minimum absolute atomic E-state index is 0.00143. The number of hydrogen-bond donors (Lipinski definition) is 1. The van der Waals surface area contributed by atoms with Gasteiger partial charge in [-0.2, -0.15) is 0 Å². The lowest BCUT2D eigenvalue weighted by Gasteiger charge is -2.36. The van der Waals surface area contributed by atoms with Crippen molar-refractivity contribution in [2.24, 2.45) is 18.9 Å². The third-order valence-electron chi connectivity index (χ3n) is 7.60. The zero-order chi connectivity index (χ0) is 23.0. The number of rotatable bonds is 4. The minimum Gasteiger partial charge on any atom is -0.378 e. The number of methoxy groups -OCH3 is 1. The molecule has 0 saturated heterocycles. The van der Waals surface area contributed by atoms with E-state index in [9.17, 15) is 14.0 Å². The molecule has 2 aliphatic rings. The average molecular weight is 444 g/mol. The second-order valence-corrected chi connectivity index (χ2v) is 9.75. The molecule has 1 N–H and O–H groups in total. The van der Waals surface area contributed by atoms with Gasteiger partial charge in [-0.05, 0) is 69.4 Å². The number of nitrogens with zero attached hydrogens (tertiary/aromatic N) is 2. The number of carbonyl (C=O) groups excluding carboxylic acids is 1. The summed E-state index contributed by atoms with van der Waals surface area (Å²) in [5.74, 6) is 0.0410. The van der Waals surface area contributed by atoms with E-state index in [0.717, 1.165) is 41.4 Å². The van der Waals surface area contributed by atoms with Crippen molar-refractivity contribution in [3.8, 4) is 0 Å². The number of alkyl halides is 1. The van der Waals surface area contributed by atoms with Crippen LogP contribution in [0.1, 0.15) is 62.6 Å². The molecule has 6 nitrogen and oxygen atoms in total. The maximum Gasteiger partial charge on any atom is 0.254 e. The van der Waals surface area contributed by atoms with E-state index in [1.54, 1.807) is 4.57 Å². The lowest BCUT2D eigenvalue weighted by atomic mass is 9.74. The Labute approximate surface area is 188 Å². The third-order valence-corrected chi connectivity index (χ3v) is 7.60. The number of nitrogens with one attached hydrogen (secondary N) is 1. The average Bonchev–Trinajstić information content (AvgIpc) is 2.78. The van der Waals surface area contributed by atoms with Gasteiger partial charge in [0, 0.05) is 49.0 Å². The van der Waals surface area contributed by atoms with Gasteiger partial charge in [0.2, 0.25) is 5.91 Å². The van der Waals surface area contributed by atoms with Crippen LogP contribution in [-0.2, 0) is 16.6 Å². The van der Waals surface area contributed by atoms with E-state index < -0.39 is 12.3 Å². The molecule has 0 bridgehead atoms. The summed E-state index contributed by atoms with van der Waals surface area (Å²) >= 11 is 0. The SMILES string of the molecule is COC1CCC(C(=O)NC2CCC(C)C(c3cc4cnc(C)cc4n(C)c3=O)C2)CC1F. The van der Waals surface area contributed by atoms with Crippen molar-refractivity contribution in [2.75, 3.05) is 7.11 Å². The van der Waals surface area contributed by atoms with Crippen LogP contribution in [0.15, 0.2) is 23.1 Å². The van der Waals surface area contributed by atoms with E-state index in [-0.39, 0.29) is 35.8 Å². The molecule has 2 heterocycles. The molecule has 2 aliphatic carbocycles. The van der Waals surface area contributed by atoms with Gasteiger partial charge in [0.05, 0.1) is 11.6 Å². The van der Waals surface area contributed by atoms with Gasteiger partial charge >= 0.3 is 0 Å². The van der Waals surface area contributed by atoms with E-state index in [2.05, 4.69) is 17.2 Å². The molecule has 0 radical (unpaired) electrons. The highest BCUT2D eigenvalue weighted by Gasteiger charge is 2.36. The van der Waals surface area contributed by atoms with Crippen LogP contribution in [0, 0.1) is 18.8 Å². The number of halogens is 1. The van der Waals surface area contributed by atoms with Crippen LogP contribution in [-0.4, -0.2) is 40.9 Å². The summed E-state index contributed by atoms with van der Waals surface area (Å²) < 4.78 is 21.1. The zero-order valence-electron chi connectivity index (χ0n) is 19.4. The molecule has 6 unspecified atom stereocenters. The molecule has 0 aromatic carbocycles. The molecule has 174 valence electrons. The molecule has 2 fully saturated rings. The Balaban J connectivity index is 1.51. The molecular formula is C25H34FN3O3. The molecule has 32 heavy (non-hydrogen) atoms. The van der Waals surface area contributed by atoms with Crippen LogP contribution in [0.25, 0.3) is 10.9 Å². The maximum absolute atomic E-state index is 14.3. The predicted octanol–water partition coefficient (Wildman–Crippen LogP) is 3.78. The van der Waals surface area contributed by atoms with Crippen molar-refractivity contribution in [3.05, 3.63) is 39.9 Å². The Kier molecular flexibility index (Phi) is 6.65. The van der Waals surface area contributed by atoms with Gasteiger partial charge in [-0.15, -0.1) is 0 Å². The lowest BCUT2D eigenvalue weighted by molar-refractivity contribution is -0.129. The number of ether oxygens (including phenoxy) is 1. The van der Waals surface area contributed by atoms with Crippen molar-refractivity contribution in [1.29, 1.82) is 0 Å². The second kappa shape index (κ2) is 9.30. The summed E-state index contributed by atoms with van der Waals surface area (Å²) in [6.45, 7) is 4.10. The fourth-order valence-corrected chi connectivity index (χ4v) is 5.55. The topological polar surface area (TPSA) is 73.2 Å². The van der Waals surface area contributed by atoms with Crippen LogP contribution in [0.3, 0.4) is 0 Å². The molecule has 2 aromatic rings. The van der Waals surface area contributed by atoms with Crippen molar-refractivity contribution in [2.45, 2.75) is 76.6 Å². The first-order valence-corrected chi connectivity index (χ1v) is 11.7. The minimum atomic E-state index is -1.10. The summed E-state index contributed by atoms with van der Waals surface area (Å²) in [5.41, 5.74) is 2.57. The molecule has 4 rings (SSSR count). The highest BCUT2D eigenvalue weighted by molar-refractivity contribution is 5.80. The van der Waals surface area contributed by atoms with Gasteiger partial charge in [-0.3, -0.25) is 14.6 Å². The summed E-state index contributed by atoms with van der Waals surface area (Å²) in [5, 5.41) is 4.13. The fraction of sp³-hybridized carbons (Fsp3) is 0.640. The molecular weight excluding hydrogens is 409 g/mol. The van der Waals surface area contributed by atoms with Crippen molar-refractivity contribution >= 4 is 16.8 Å². The molecule has 6 atom stereocenters. The summed E-state index contributed by atoms with van der Waals surface area (Å²) in [6.07, 6.45) is 4.30. The Morgan fingerprint density at radius 2 is 2.00 bits per heavy atom. The maximum atomic E-state index is 14.3. The highest BCUT2D eigenvalue weighted by atomic mass is 19.1. The normalized spacial score (nSPS) is 30.9. The standard InChI is InChI=1S/C25H34FN3O3/c1-14-5-7-18(28-24(30)16-6-8-23(32-4)21(26)11-16)12-19(14)20-10-17-13-27-15(2)9-22(17)29(3)25(20)31/h9-10,13-14,16,18-19,21,23H,5-8,11-12H2,1-4H3,(H,28,30). The monoisotopic (exact) mass is 443 g/mol. The van der Waals surface area contributed by atoms with Crippen LogP contribution in [0.5, 0.6) is 0 Å². The Morgan fingerprint density at radius 3 is 2.72 bits per heavy atom. The van der Waals surface area contributed by atoms with E-state index in [1.807, 2.05) is 32.3 Å². The first-order chi connectivity index (χ1) is 15.3. The van der Waals surface area contributed by atoms with Crippen LogP contribution < -0.4 is 10.9 Å². The smallest absolute Gasteiger partial charge is 0.254 e. The van der Waals surface area contributed by atoms with E-state index in [1.165, 1.54) is 7.11 Å². The summed E-state index contributed by atoms with van der Waals surface area (Å²) in [4.78, 5) is 30.5. The first kappa shape index (κ1) is 22.9. The van der Waals surface area contributed by atoms with Crippen LogP contribution in [0.4, 0.5) is 4.39 Å². The zero-order valence-corrected chi connectivity index (χ0v) is 19.4. The van der Waals surface area contributed by atoms with Gasteiger partial charge < -0.3 is 14.6 Å². The van der Waals surface area contributed by atoms with Crippen molar-refractivity contribution in [3.63, 3.8) is 0 Å². The van der Waals surface area contributed by atoms with Gasteiger partial charge in [0.25, 0.3) is 5.56 Å². The number of carbonyl (C=O) groups is 1. The summed E-state index contributed by atoms with van der Waals surface area (Å²) in [6, 6.07) is 3.91. The van der Waals surface area contributed by atoms with Gasteiger partial charge in [-0.1, -0.05) is 6.92 Å². The fourth-order valence-electron chi connectivity index (χ4n) is 5.55. The quantitative estimate of drug-likeness (QED) is 0.781. The van der Waals surface area contributed by atoms with Gasteiger partial charge in [-0.25, -0.2) is 4.39 Å². The van der Waals surface area contributed by atoms with Crippen molar-refractivity contribution < 1.29 is 13.9 Å². The number of fused-ring (bicyclic) bond motifs is 1. The van der Waals surface area contributed by atoms with E-state index >= 15 is 0 Å². The predicted molar refractivity (Wildman–Crippen MR) is 122 cm³/mol. The molecule has 1 amide bonds. The molecule has 0 aliphatic heterocycles. The molecule has 0 spiro atoms. The van der Waals surface area contributed by atoms with Gasteiger partial charge in [0.15, 0.2) is 0 Å². The van der Waals surface area contributed by atoms with Crippen LogP contribution >= 0.6 is 0 Å². The number of aromatic nitrogens is 2. The highest BCUT2D eigenvalue weighted by Crippen LogP contribution is 2.37. The molecule has 2 aromatic heterocycles. The lowest BCUT2D eigenvalue weighted by Crippen LogP contribution is -2.46. The van der Waals surface area contributed by atoms with E-state index in [0.29, 0.717) is 18.8 Å². The third kappa shape index (κ3) is 4.45. The summed E-state index contributed by atoms with van der Waals surface area (Å²) in [7, 11) is 3.33. The number of amides is 1.